The highest BCUT2D eigenvalue weighted by molar-refractivity contribution is 6.37. The van der Waals surface area contributed by atoms with Gasteiger partial charge in [0.1, 0.15) is 12.1 Å². The topological polar surface area (TPSA) is 160 Å². The van der Waals surface area contributed by atoms with Gasteiger partial charge in [-0.25, -0.2) is 4.79 Å². The molecule has 1 saturated heterocycles. The van der Waals surface area contributed by atoms with E-state index >= 15 is 0 Å². The van der Waals surface area contributed by atoms with Crippen LogP contribution in [0, 0.1) is 35.0 Å². The van der Waals surface area contributed by atoms with Crippen molar-refractivity contribution in [2.24, 2.45) is 40.7 Å². The number of urea groups is 1. The van der Waals surface area contributed by atoms with Crippen LogP contribution in [-0.2, 0) is 36.8 Å². The minimum atomic E-state index is -1.08. The smallest absolute Gasteiger partial charge is 0.315 e. The second kappa shape index (κ2) is 12.5. The van der Waals surface area contributed by atoms with E-state index in [4.69, 9.17) is 10.5 Å². The molecule has 0 aromatic heterocycles. The number of Topliss-reactive ketones (excluding diaryl/α,β-unsaturated/α-hetero) is 1. The van der Waals surface area contributed by atoms with Gasteiger partial charge < -0.3 is 31.3 Å². The van der Waals surface area contributed by atoms with Crippen molar-refractivity contribution < 1.29 is 28.7 Å². The molecular formula is C33H47N5O6. The minimum Gasteiger partial charge on any atom is -0.383 e. The number of ketones is 1. The number of ether oxygens (including phenoxy) is 1. The van der Waals surface area contributed by atoms with Crippen LogP contribution in [0.25, 0.3) is 0 Å². The molecule has 3 fully saturated rings. The lowest BCUT2D eigenvalue weighted by atomic mass is 9.93. The highest BCUT2D eigenvalue weighted by atomic mass is 16.5. The molecule has 5 amide bonds. The Morgan fingerprint density at radius 3 is 2.20 bits per heavy atom. The molecule has 240 valence electrons. The van der Waals surface area contributed by atoms with Crippen LogP contribution >= 0.6 is 0 Å². The highest BCUT2D eigenvalue weighted by Gasteiger charge is 2.69. The second-order valence-corrected chi connectivity index (χ2v) is 14.2. The molecule has 4 aliphatic rings. The van der Waals surface area contributed by atoms with Crippen LogP contribution in [0.2, 0.25) is 0 Å². The van der Waals surface area contributed by atoms with E-state index in [1.54, 1.807) is 12.0 Å². The highest BCUT2D eigenvalue weighted by Crippen LogP contribution is 2.65. The summed E-state index contributed by atoms with van der Waals surface area (Å²) in [6, 6.07) is 4.62. The second-order valence-electron chi connectivity index (χ2n) is 14.2. The van der Waals surface area contributed by atoms with Crippen molar-refractivity contribution in [1.29, 1.82) is 0 Å². The van der Waals surface area contributed by atoms with E-state index in [2.05, 4.69) is 29.8 Å². The van der Waals surface area contributed by atoms with Gasteiger partial charge >= 0.3 is 6.03 Å². The largest absolute Gasteiger partial charge is 0.383 e. The molecule has 1 heterocycles. The fourth-order valence-corrected chi connectivity index (χ4v) is 7.48. The maximum absolute atomic E-state index is 14.5. The van der Waals surface area contributed by atoms with Crippen molar-refractivity contribution in [1.82, 2.24) is 20.9 Å². The van der Waals surface area contributed by atoms with Crippen LogP contribution in [-0.4, -0.2) is 78.9 Å². The van der Waals surface area contributed by atoms with Gasteiger partial charge in [0.2, 0.25) is 17.6 Å². The average Bonchev–Trinajstić information content (AvgIpc) is 3.72. The molecule has 2 saturated carbocycles. The maximum Gasteiger partial charge on any atom is 0.315 e. The molecule has 11 nitrogen and oxygen atoms in total. The van der Waals surface area contributed by atoms with Crippen molar-refractivity contribution in [2.45, 2.75) is 84.0 Å². The van der Waals surface area contributed by atoms with Crippen LogP contribution in [0.4, 0.5) is 4.79 Å². The van der Waals surface area contributed by atoms with Gasteiger partial charge in [-0.2, -0.15) is 0 Å². The molecular weight excluding hydrogens is 562 g/mol. The number of benzene rings is 1. The first-order valence-corrected chi connectivity index (χ1v) is 15.9. The number of rotatable bonds is 13. The van der Waals surface area contributed by atoms with E-state index < -0.39 is 41.8 Å². The van der Waals surface area contributed by atoms with Crippen LogP contribution in [0.3, 0.4) is 0 Å². The molecule has 44 heavy (non-hydrogen) atoms. The maximum atomic E-state index is 14.5. The Labute approximate surface area is 259 Å². The molecule has 5 N–H and O–H groups in total. The first kappa shape index (κ1) is 31.9. The monoisotopic (exact) mass is 609 g/mol. The summed E-state index contributed by atoms with van der Waals surface area (Å²) < 4.78 is 5.29. The van der Waals surface area contributed by atoms with E-state index in [-0.39, 0.29) is 47.0 Å². The Hall–Kier alpha value is -3.47. The molecule has 1 aromatic carbocycles. The summed E-state index contributed by atoms with van der Waals surface area (Å²) >= 11 is 0. The lowest BCUT2D eigenvalue weighted by molar-refractivity contribution is -0.144. The number of carbonyl (C=O) groups excluding carboxylic acids is 5. The fourth-order valence-electron chi connectivity index (χ4n) is 7.48. The standard InChI is InChI=1S/C33H47N5O6/c1-17(2)24(16-44-5)36-32(43)37-26(21-13-19-8-6-7-9-20(19)14-21)31(42)38-15-22-25(33(22,3)4)27(38)30(41)35-23(12-18-10-11-18)28(39)29(34)40/h6-9,17-18,21-27H,10-16H2,1-5H3,(H2,34,40)(H,35,41)(H2,36,37,43)/t22-,23?,24?,25-,26?,27?/m0/s1. The Bertz CT molecular complexity index is 1280. The predicted molar refractivity (Wildman–Crippen MR) is 163 cm³/mol. The first-order valence-electron chi connectivity index (χ1n) is 15.9. The zero-order valence-corrected chi connectivity index (χ0v) is 26.4. The molecule has 0 bridgehead atoms. The number of piperidine rings is 1. The number of likely N-dealkylation sites (tertiary alicyclic amines) is 1. The van der Waals surface area contributed by atoms with Crippen LogP contribution < -0.4 is 21.7 Å². The van der Waals surface area contributed by atoms with Crippen LogP contribution in [0.5, 0.6) is 0 Å². The molecule has 5 rings (SSSR count). The summed E-state index contributed by atoms with van der Waals surface area (Å²) in [6.45, 7) is 8.85. The van der Waals surface area contributed by atoms with Crippen molar-refractivity contribution in [3.05, 3.63) is 35.4 Å². The third-order valence-electron chi connectivity index (χ3n) is 10.5. The average molecular weight is 610 g/mol. The van der Waals surface area contributed by atoms with Gasteiger partial charge in [0.05, 0.1) is 18.7 Å². The van der Waals surface area contributed by atoms with Crippen molar-refractivity contribution in [3.8, 4) is 0 Å². The Kier molecular flexibility index (Phi) is 9.07. The van der Waals surface area contributed by atoms with Crippen LogP contribution in [0.1, 0.15) is 58.1 Å². The number of amides is 5. The summed E-state index contributed by atoms with van der Waals surface area (Å²) in [5, 5.41) is 8.77. The van der Waals surface area contributed by atoms with Gasteiger partial charge in [0.25, 0.3) is 5.91 Å². The van der Waals surface area contributed by atoms with Crippen LogP contribution in [0.15, 0.2) is 24.3 Å². The number of carbonyl (C=O) groups is 5. The number of methoxy groups -OCH3 is 1. The van der Waals surface area contributed by atoms with Crippen molar-refractivity contribution >= 4 is 29.5 Å². The molecule has 3 aliphatic carbocycles. The zero-order chi connectivity index (χ0) is 31.9. The number of primary amides is 1. The third kappa shape index (κ3) is 6.48. The molecule has 0 spiro atoms. The summed E-state index contributed by atoms with van der Waals surface area (Å²) in [5.74, 6) is -2.47. The van der Waals surface area contributed by atoms with Gasteiger partial charge in [-0.3, -0.25) is 19.2 Å². The summed E-state index contributed by atoms with van der Waals surface area (Å²) in [6.07, 6.45) is 3.47. The normalized spacial score (nSPS) is 25.4. The molecule has 4 unspecified atom stereocenters. The number of nitrogens with two attached hydrogens (primary N) is 1. The van der Waals surface area contributed by atoms with Crippen molar-refractivity contribution in [3.63, 3.8) is 0 Å². The Morgan fingerprint density at radius 1 is 1.02 bits per heavy atom. The van der Waals surface area contributed by atoms with E-state index in [1.807, 2.05) is 38.1 Å². The van der Waals surface area contributed by atoms with Gasteiger partial charge in [-0.15, -0.1) is 0 Å². The Balaban J connectivity index is 1.39. The number of hydrogen-bond acceptors (Lipinski definition) is 6. The van der Waals surface area contributed by atoms with Gasteiger partial charge in [0, 0.05) is 13.7 Å². The summed E-state index contributed by atoms with van der Waals surface area (Å²) in [4.78, 5) is 67.9. The molecule has 1 aliphatic heterocycles. The van der Waals surface area contributed by atoms with Gasteiger partial charge in [-0.05, 0) is 65.4 Å². The Morgan fingerprint density at radius 2 is 1.66 bits per heavy atom. The van der Waals surface area contributed by atoms with Crippen molar-refractivity contribution in [2.75, 3.05) is 20.3 Å². The number of fused-ring (bicyclic) bond motifs is 2. The molecule has 11 heteroatoms. The first-order chi connectivity index (χ1) is 20.8. The lowest BCUT2D eigenvalue weighted by Gasteiger charge is -2.35. The van der Waals surface area contributed by atoms with E-state index in [1.165, 1.54) is 0 Å². The zero-order valence-electron chi connectivity index (χ0n) is 26.4. The molecule has 1 aromatic rings. The fraction of sp³-hybridized carbons (Fsp3) is 0.667. The number of nitrogens with zero attached hydrogens (tertiary/aromatic N) is 1. The van der Waals surface area contributed by atoms with Gasteiger partial charge in [-0.1, -0.05) is 64.8 Å². The molecule has 0 radical (unpaired) electrons. The quantitative estimate of drug-likeness (QED) is 0.248. The number of nitrogens with one attached hydrogen (secondary N) is 3. The SMILES string of the molecule is COCC(NC(=O)NC(C(=O)N1C[C@H]2[C@@H](C1C(=O)NC(CC1CC1)C(=O)C(N)=O)C2(C)C)C1Cc2ccccc2C1)C(C)C. The summed E-state index contributed by atoms with van der Waals surface area (Å²) in [7, 11) is 1.58. The van der Waals surface area contributed by atoms with E-state index in [9.17, 15) is 24.0 Å². The summed E-state index contributed by atoms with van der Waals surface area (Å²) in [5.41, 5.74) is 7.45. The number of hydrogen-bond donors (Lipinski definition) is 4. The minimum absolute atomic E-state index is 0.0982. The van der Waals surface area contributed by atoms with E-state index in [0.717, 1.165) is 24.0 Å². The predicted octanol–water partition coefficient (Wildman–Crippen LogP) is 1.56. The third-order valence-corrected chi connectivity index (χ3v) is 10.5. The lowest BCUT2D eigenvalue weighted by Crippen LogP contribution is -2.61. The van der Waals surface area contributed by atoms with E-state index in [0.29, 0.717) is 32.4 Å². The molecule has 6 atom stereocenters. The van der Waals surface area contributed by atoms with Gasteiger partial charge in [0.15, 0.2) is 0 Å².